The molecule has 2 aromatic heterocycles. The van der Waals surface area contributed by atoms with Gasteiger partial charge in [0.1, 0.15) is 23.5 Å². The number of nitrogens with one attached hydrogen (secondary N) is 1. The molecule has 0 radical (unpaired) electrons. The number of carbonyl (C=O) groups excluding carboxylic acids is 1. The number of aromatic nitrogens is 4. The minimum atomic E-state index is -0.240. The molecular formula is C26H26N6O2S. The molecule has 0 unspecified atom stereocenters. The Morgan fingerprint density at radius 2 is 1.77 bits per heavy atom. The molecule has 8 nitrogen and oxygen atoms in total. The maximum atomic E-state index is 13.0. The number of benzene rings is 2. The van der Waals surface area contributed by atoms with E-state index < -0.39 is 0 Å². The van der Waals surface area contributed by atoms with Gasteiger partial charge in [0.05, 0.1) is 24.1 Å². The van der Waals surface area contributed by atoms with E-state index in [1.165, 1.54) is 11.8 Å². The number of thioether (sulfide) groups is 1. The monoisotopic (exact) mass is 486 g/mol. The average Bonchev–Trinajstić information content (AvgIpc) is 3.34. The van der Waals surface area contributed by atoms with Gasteiger partial charge in [-0.3, -0.25) is 13.9 Å². The minimum Gasteiger partial charge on any atom is -0.497 e. The molecule has 0 aliphatic carbocycles. The first-order chi connectivity index (χ1) is 16.8. The zero-order chi connectivity index (χ0) is 25.1. The summed E-state index contributed by atoms with van der Waals surface area (Å²) < 4.78 is 9.09. The first kappa shape index (κ1) is 24.1. The van der Waals surface area contributed by atoms with Crippen molar-refractivity contribution in [1.29, 1.82) is 5.26 Å². The average molecular weight is 487 g/mol. The summed E-state index contributed by atoms with van der Waals surface area (Å²) in [5.41, 5.74) is 5.03. The van der Waals surface area contributed by atoms with Crippen molar-refractivity contribution < 1.29 is 9.53 Å². The molecule has 0 saturated heterocycles. The molecule has 0 atom stereocenters. The van der Waals surface area contributed by atoms with Crippen LogP contribution in [0.1, 0.15) is 28.2 Å². The van der Waals surface area contributed by atoms with Crippen LogP contribution in [0, 0.1) is 39.0 Å². The smallest absolute Gasteiger partial charge is 0.236 e. The Labute approximate surface area is 208 Å². The van der Waals surface area contributed by atoms with E-state index in [0.29, 0.717) is 16.5 Å². The molecule has 4 rings (SSSR count). The van der Waals surface area contributed by atoms with Crippen molar-refractivity contribution in [2.75, 3.05) is 18.2 Å². The number of hydrogen-bond acceptors (Lipinski definition) is 6. The van der Waals surface area contributed by atoms with E-state index in [1.54, 1.807) is 7.11 Å². The van der Waals surface area contributed by atoms with E-state index in [9.17, 15) is 10.1 Å². The fourth-order valence-electron chi connectivity index (χ4n) is 3.94. The van der Waals surface area contributed by atoms with E-state index in [2.05, 4.69) is 21.6 Å². The maximum absolute atomic E-state index is 13.0. The first-order valence-corrected chi connectivity index (χ1v) is 12.0. The van der Waals surface area contributed by atoms with Crippen LogP contribution in [0.2, 0.25) is 0 Å². The van der Waals surface area contributed by atoms with Crippen LogP contribution in [0.15, 0.2) is 53.7 Å². The molecule has 0 aliphatic rings. The zero-order valence-corrected chi connectivity index (χ0v) is 21.1. The van der Waals surface area contributed by atoms with Crippen LogP contribution in [-0.4, -0.2) is 38.1 Å². The van der Waals surface area contributed by atoms with Crippen molar-refractivity contribution in [1.82, 2.24) is 19.3 Å². The second kappa shape index (κ2) is 10.1. The molecule has 2 heterocycles. The van der Waals surface area contributed by atoms with Gasteiger partial charge >= 0.3 is 0 Å². The third kappa shape index (κ3) is 4.66. The summed E-state index contributed by atoms with van der Waals surface area (Å²) in [4.78, 5) is 13.0. The van der Waals surface area contributed by atoms with Gasteiger partial charge in [-0.25, -0.2) is 0 Å². The summed E-state index contributed by atoms with van der Waals surface area (Å²) in [6, 6.07) is 17.7. The highest BCUT2D eigenvalue weighted by atomic mass is 32.2. The molecule has 35 heavy (non-hydrogen) atoms. The highest BCUT2D eigenvalue weighted by Crippen LogP contribution is 2.31. The topological polar surface area (TPSA) is 97.8 Å². The van der Waals surface area contributed by atoms with Crippen molar-refractivity contribution in [2.45, 2.75) is 32.9 Å². The Kier molecular flexibility index (Phi) is 6.94. The summed E-state index contributed by atoms with van der Waals surface area (Å²) in [5, 5.41) is 21.9. The van der Waals surface area contributed by atoms with Gasteiger partial charge in [0.2, 0.25) is 5.91 Å². The van der Waals surface area contributed by atoms with Gasteiger partial charge in [-0.05, 0) is 69.2 Å². The quantitative estimate of drug-likeness (QED) is 0.373. The number of nitrogens with zero attached hydrogens (tertiary/aromatic N) is 5. The lowest BCUT2D eigenvalue weighted by Crippen LogP contribution is -2.18. The molecule has 2 aromatic carbocycles. The van der Waals surface area contributed by atoms with Crippen LogP contribution in [-0.2, 0) is 4.79 Å². The predicted molar refractivity (Wildman–Crippen MR) is 137 cm³/mol. The number of methoxy groups -OCH3 is 1. The van der Waals surface area contributed by atoms with Crippen LogP contribution < -0.4 is 10.1 Å². The molecule has 0 aliphatic heterocycles. The van der Waals surface area contributed by atoms with E-state index in [4.69, 9.17) is 4.74 Å². The number of aryl methyl sites for hydroxylation is 2. The van der Waals surface area contributed by atoms with Crippen molar-refractivity contribution in [2.24, 2.45) is 0 Å². The number of para-hydroxylation sites is 1. The molecule has 0 spiro atoms. The molecule has 9 heteroatoms. The van der Waals surface area contributed by atoms with Crippen LogP contribution in [0.4, 0.5) is 5.82 Å². The lowest BCUT2D eigenvalue weighted by Gasteiger charge is -2.14. The van der Waals surface area contributed by atoms with E-state index in [-0.39, 0.29) is 11.7 Å². The third-order valence-electron chi connectivity index (χ3n) is 5.90. The molecular weight excluding hydrogens is 460 g/mol. The summed E-state index contributed by atoms with van der Waals surface area (Å²) in [7, 11) is 1.61. The molecule has 178 valence electrons. The number of anilines is 1. The van der Waals surface area contributed by atoms with Gasteiger partial charge in [0.25, 0.3) is 0 Å². The van der Waals surface area contributed by atoms with Gasteiger partial charge in [-0.15, -0.1) is 10.2 Å². The number of carbonyl (C=O) groups is 1. The lowest BCUT2D eigenvalue weighted by molar-refractivity contribution is -0.113. The molecule has 1 N–H and O–H groups in total. The van der Waals surface area contributed by atoms with Gasteiger partial charge in [0.15, 0.2) is 5.16 Å². The second-order valence-corrected chi connectivity index (χ2v) is 9.01. The fourth-order valence-corrected chi connectivity index (χ4v) is 4.73. The van der Waals surface area contributed by atoms with E-state index in [0.717, 1.165) is 39.8 Å². The largest absolute Gasteiger partial charge is 0.497 e. The van der Waals surface area contributed by atoms with Gasteiger partial charge in [-0.1, -0.05) is 30.0 Å². The van der Waals surface area contributed by atoms with Gasteiger partial charge < -0.3 is 10.1 Å². The van der Waals surface area contributed by atoms with Crippen LogP contribution in [0.25, 0.3) is 11.4 Å². The molecule has 0 saturated carbocycles. The predicted octanol–water partition coefficient (Wildman–Crippen LogP) is 4.90. The molecule has 0 bridgehead atoms. The Morgan fingerprint density at radius 1 is 1.06 bits per heavy atom. The summed E-state index contributed by atoms with van der Waals surface area (Å²) in [6.45, 7) is 7.72. The lowest BCUT2D eigenvalue weighted by atomic mass is 10.2. The molecule has 1 amide bonds. The zero-order valence-electron chi connectivity index (χ0n) is 20.3. The summed E-state index contributed by atoms with van der Waals surface area (Å²) in [6.07, 6.45) is 0. The number of nitriles is 1. The van der Waals surface area contributed by atoms with Crippen molar-refractivity contribution in [3.63, 3.8) is 0 Å². The van der Waals surface area contributed by atoms with Crippen LogP contribution in [0.3, 0.4) is 0 Å². The first-order valence-electron chi connectivity index (χ1n) is 11.0. The van der Waals surface area contributed by atoms with E-state index in [1.807, 2.05) is 85.4 Å². The summed E-state index contributed by atoms with van der Waals surface area (Å²) >= 11 is 1.30. The Balaban J connectivity index is 1.60. The SMILES string of the molecule is COc1ccc(-n2c(C)c(C)c(C#N)c2NC(=O)CSc2nnc(C)n2-c2ccccc2C)cc1. The number of rotatable bonds is 7. The highest BCUT2D eigenvalue weighted by molar-refractivity contribution is 7.99. The number of ether oxygens (including phenoxy) is 1. The number of amides is 1. The van der Waals surface area contributed by atoms with Gasteiger partial charge in [0, 0.05) is 11.4 Å². The van der Waals surface area contributed by atoms with Crippen LogP contribution in [0.5, 0.6) is 5.75 Å². The van der Waals surface area contributed by atoms with Crippen molar-refractivity contribution >= 4 is 23.5 Å². The van der Waals surface area contributed by atoms with Crippen LogP contribution >= 0.6 is 11.8 Å². The Hall–Kier alpha value is -4.03. The minimum absolute atomic E-state index is 0.112. The van der Waals surface area contributed by atoms with Crippen molar-refractivity contribution in [3.05, 3.63) is 76.7 Å². The second-order valence-electron chi connectivity index (χ2n) is 8.07. The third-order valence-corrected chi connectivity index (χ3v) is 6.83. The van der Waals surface area contributed by atoms with E-state index >= 15 is 0 Å². The Morgan fingerprint density at radius 3 is 2.43 bits per heavy atom. The van der Waals surface area contributed by atoms with Gasteiger partial charge in [-0.2, -0.15) is 5.26 Å². The highest BCUT2D eigenvalue weighted by Gasteiger charge is 2.22. The fraction of sp³-hybridized carbons (Fsp3) is 0.231. The number of hydrogen-bond donors (Lipinski definition) is 1. The Bertz CT molecular complexity index is 1430. The van der Waals surface area contributed by atoms with Crippen molar-refractivity contribution in [3.8, 4) is 23.2 Å². The molecule has 4 aromatic rings. The summed E-state index contributed by atoms with van der Waals surface area (Å²) in [5.74, 6) is 1.80. The normalized spacial score (nSPS) is 10.7. The maximum Gasteiger partial charge on any atom is 0.236 e. The molecule has 0 fully saturated rings. The standard InChI is InChI=1S/C26H26N6O2S/c1-16-8-6-7-9-23(16)32-19(4)29-30-26(32)35-15-24(33)28-25-22(14-27)17(2)18(3)31(25)20-10-12-21(34-5)13-11-20/h6-13H,15H2,1-5H3,(H,28,33).